The molecule has 0 fully saturated rings. The number of fused-ring (bicyclic) bond motifs is 1. The van der Waals surface area contributed by atoms with Gasteiger partial charge in [-0.05, 0) is 28.1 Å². The number of methoxy groups -OCH3 is 1. The second-order valence-electron chi connectivity index (χ2n) is 2.42. The molecule has 1 aromatic carbocycles. The second kappa shape index (κ2) is 3.23. The molecule has 2 aromatic rings. The summed E-state index contributed by atoms with van der Waals surface area (Å²) in [7, 11) is 1.59. The molecule has 0 atom stereocenters. The minimum absolute atomic E-state index is 0.334. The third-order valence-corrected chi connectivity index (χ3v) is 2.48. The number of nitrogens with zero attached hydrogens (tertiary/aromatic N) is 1. The summed E-state index contributed by atoms with van der Waals surface area (Å²) < 4.78 is 11.2. The van der Waals surface area contributed by atoms with Crippen LogP contribution >= 0.6 is 28.6 Å². The molecule has 1 heterocycles. The Balaban J connectivity index is 2.83. The van der Waals surface area contributed by atoms with Gasteiger partial charge in [0.15, 0.2) is 11.1 Å². The van der Waals surface area contributed by atoms with Gasteiger partial charge in [-0.25, -0.2) is 0 Å². The van der Waals surface area contributed by atoms with Gasteiger partial charge in [0.1, 0.15) is 5.75 Å². The van der Waals surface area contributed by atoms with Crippen LogP contribution in [0.25, 0.3) is 11.1 Å². The molecule has 0 spiro atoms. The number of ether oxygens (including phenoxy) is 1. The molecule has 0 unspecified atom stereocenters. The summed E-state index contributed by atoms with van der Waals surface area (Å²) in [5, 5.41) is 0.334. The molecular formula is C8H6BrNO2S. The molecule has 68 valence electrons. The molecule has 0 aliphatic rings. The van der Waals surface area contributed by atoms with Gasteiger partial charge < -0.3 is 9.15 Å². The molecule has 0 amide bonds. The van der Waals surface area contributed by atoms with E-state index >= 15 is 0 Å². The Hall–Kier alpha value is -0.680. The zero-order valence-corrected chi connectivity index (χ0v) is 9.22. The molecular weight excluding hydrogens is 254 g/mol. The summed E-state index contributed by atoms with van der Waals surface area (Å²) in [6.45, 7) is 0. The maximum Gasteiger partial charge on any atom is 0.253 e. The summed E-state index contributed by atoms with van der Waals surface area (Å²) in [4.78, 5) is 4.09. The Kier molecular flexibility index (Phi) is 2.21. The van der Waals surface area contributed by atoms with Crippen molar-refractivity contribution >= 4 is 39.7 Å². The fourth-order valence-corrected chi connectivity index (χ4v) is 1.70. The first kappa shape index (κ1) is 8.90. The molecule has 1 aromatic heterocycles. The van der Waals surface area contributed by atoms with Crippen LogP contribution in [0.1, 0.15) is 0 Å². The van der Waals surface area contributed by atoms with Crippen molar-refractivity contribution in [3.8, 4) is 5.75 Å². The first-order chi connectivity index (χ1) is 6.22. The van der Waals surface area contributed by atoms with Crippen molar-refractivity contribution in [3.05, 3.63) is 16.6 Å². The lowest BCUT2D eigenvalue weighted by molar-refractivity contribution is 0.419. The van der Waals surface area contributed by atoms with Gasteiger partial charge in [-0.1, -0.05) is 12.6 Å². The molecule has 0 bridgehead atoms. The topological polar surface area (TPSA) is 35.3 Å². The standard InChI is InChI=1S/C8H6BrNO2S/c1-11-5-3-2-4(9)7-6(5)10-8(13)12-7/h2-3H,1H3,(H,10,13). The van der Waals surface area contributed by atoms with Crippen LogP contribution in [-0.2, 0) is 0 Å². The fourth-order valence-electron chi connectivity index (χ4n) is 1.11. The van der Waals surface area contributed by atoms with Crippen molar-refractivity contribution < 1.29 is 9.15 Å². The lowest BCUT2D eigenvalue weighted by Gasteiger charge is -1.99. The number of hydrogen-bond donors (Lipinski definition) is 1. The number of thiol groups is 1. The van der Waals surface area contributed by atoms with Crippen LogP contribution < -0.4 is 4.74 Å². The van der Waals surface area contributed by atoms with E-state index in [0.717, 1.165) is 4.47 Å². The van der Waals surface area contributed by atoms with E-state index in [2.05, 4.69) is 33.5 Å². The largest absolute Gasteiger partial charge is 0.494 e. The van der Waals surface area contributed by atoms with Crippen LogP contribution in [0.2, 0.25) is 0 Å². The van der Waals surface area contributed by atoms with Crippen LogP contribution in [0.15, 0.2) is 26.2 Å². The molecule has 0 aliphatic heterocycles. The van der Waals surface area contributed by atoms with Gasteiger partial charge in [0.2, 0.25) is 0 Å². The molecule has 2 rings (SSSR count). The number of rotatable bonds is 1. The molecule has 0 saturated heterocycles. The van der Waals surface area contributed by atoms with Gasteiger partial charge in [0, 0.05) is 0 Å². The smallest absolute Gasteiger partial charge is 0.253 e. The van der Waals surface area contributed by atoms with Crippen LogP contribution in [0.4, 0.5) is 0 Å². The first-order valence-corrected chi connectivity index (χ1v) is 4.78. The quantitative estimate of drug-likeness (QED) is 0.801. The third kappa shape index (κ3) is 1.42. The Morgan fingerprint density at radius 3 is 3.00 bits per heavy atom. The monoisotopic (exact) mass is 259 g/mol. The van der Waals surface area contributed by atoms with Gasteiger partial charge in [-0.3, -0.25) is 0 Å². The van der Waals surface area contributed by atoms with Gasteiger partial charge in [0.25, 0.3) is 5.22 Å². The van der Waals surface area contributed by atoms with Crippen molar-refractivity contribution in [3.63, 3.8) is 0 Å². The number of oxazole rings is 1. The van der Waals surface area contributed by atoms with E-state index < -0.39 is 0 Å². The Morgan fingerprint density at radius 1 is 1.54 bits per heavy atom. The predicted molar refractivity (Wildman–Crippen MR) is 55.5 cm³/mol. The zero-order chi connectivity index (χ0) is 9.42. The fraction of sp³-hybridized carbons (Fsp3) is 0.125. The highest BCUT2D eigenvalue weighted by Gasteiger charge is 2.11. The van der Waals surface area contributed by atoms with Crippen molar-refractivity contribution in [1.29, 1.82) is 0 Å². The lowest BCUT2D eigenvalue weighted by Crippen LogP contribution is -1.83. The molecule has 0 N–H and O–H groups in total. The Morgan fingerprint density at radius 2 is 2.31 bits per heavy atom. The van der Waals surface area contributed by atoms with Gasteiger partial charge in [0.05, 0.1) is 11.6 Å². The second-order valence-corrected chi connectivity index (χ2v) is 3.66. The van der Waals surface area contributed by atoms with E-state index in [1.165, 1.54) is 0 Å². The van der Waals surface area contributed by atoms with E-state index in [1.54, 1.807) is 7.11 Å². The van der Waals surface area contributed by atoms with Crippen molar-refractivity contribution in [1.82, 2.24) is 4.98 Å². The molecule has 0 aliphatic carbocycles. The maximum absolute atomic E-state index is 5.27. The van der Waals surface area contributed by atoms with Crippen LogP contribution in [0.5, 0.6) is 5.75 Å². The highest BCUT2D eigenvalue weighted by molar-refractivity contribution is 9.10. The van der Waals surface area contributed by atoms with E-state index in [0.29, 0.717) is 22.1 Å². The number of aromatic nitrogens is 1. The van der Waals surface area contributed by atoms with E-state index in [-0.39, 0.29) is 0 Å². The predicted octanol–water partition coefficient (Wildman–Crippen LogP) is 2.89. The number of halogens is 1. The van der Waals surface area contributed by atoms with Gasteiger partial charge in [-0.2, -0.15) is 4.98 Å². The summed E-state index contributed by atoms with van der Waals surface area (Å²) in [5.41, 5.74) is 1.34. The molecule has 3 nitrogen and oxygen atoms in total. The van der Waals surface area contributed by atoms with Crippen molar-refractivity contribution in [2.45, 2.75) is 5.22 Å². The summed E-state index contributed by atoms with van der Waals surface area (Å²) in [5.74, 6) is 0.683. The van der Waals surface area contributed by atoms with Gasteiger partial charge in [-0.15, -0.1) is 0 Å². The highest BCUT2D eigenvalue weighted by Crippen LogP contribution is 2.32. The molecule has 0 radical (unpaired) electrons. The van der Waals surface area contributed by atoms with E-state index in [9.17, 15) is 0 Å². The molecule has 5 heteroatoms. The summed E-state index contributed by atoms with van der Waals surface area (Å²) in [6.07, 6.45) is 0. The van der Waals surface area contributed by atoms with Crippen molar-refractivity contribution in [2.24, 2.45) is 0 Å². The van der Waals surface area contributed by atoms with Crippen LogP contribution in [-0.4, -0.2) is 12.1 Å². The summed E-state index contributed by atoms with van der Waals surface area (Å²) >= 11 is 7.37. The maximum atomic E-state index is 5.27. The van der Waals surface area contributed by atoms with Gasteiger partial charge >= 0.3 is 0 Å². The van der Waals surface area contributed by atoms with Crippen LogP contribution in [0.3, 0.4) is 0 Å². The third-order valence-electron chi connectivity index (χ3n) is 1.67. The minimum atomic E-state index is 0.334. The molecule has 13 heavy (non-hydrogen) atoms. The highest BCUT2D eigenvalue weighted by atomic mass is 79.9. The molecule has 0 saturated carbocycles. The van der Waals surface area contributed by atoms with E-state index in [1.807, 2.05) is 12.1 Å². The average molecular weight is 260 g/mol. The number of hydrogen-bond acceptors (Lipinski definition) is 4. The lowest BCUT2D eigenvalue weighted by atomic mass is 10.3. The Labute approximate surface area is 88.6 Å². The Bertz CT molecular complexity index is 455. The minimum Gasteiger partial charge on any atom is -0.494 e. The zero-order valence-electron chi connectivity index (χ0n) is 6.74. The number of benzene rings is 1. The van der Waals surface area contributed by atoms with Crippen molar-refractivity contribution in [2.75, 3.05) is 7.11 Å². The van der Waals surface area contributed by atoms with Crippen LogP contribution in [0, 0.1) is 0 Å². The average Bonchev–Trinajstić information content (AvgIpc) is 2.48. The SMILES string of the molecule is COc1ccc(Br)c2oc(S)nc12. The van der Waals surface area contributed by atoms with E-state index in [4.69, 9.17) is 9.15 Å². The normalized spacial score (nSPS) is 10.7. The summed E-state index contributed by atoms with van der Waals surface area (Å²) in [6, 6.07) is 3.67. The first-order valence-electron chi connectivity index (χ1n) is 3.54.